The number of nitrogens with one attached hydrogen (secondary N) is 1. The van der Waals surface area contributed by atoms with E-state index in [0.29, 0.717) is 38.3 Å². The lowest BCUT2D eigenvalue weighted by Gasteiger charge is -2.30. The summed E-state index contributed by atoms with van der Waals surface area (Å²) in [4.78, 5) is 36.1. The Kier molecular flexibility index (Phi) is 8.91. The first-order chi connectivity index (χ1) is 14.8. The van der Waals surface area contributed by atoms with Crippen molar-refractivity contribution in [1.82, 2.24) is 14.0 Å². The van der Waals surface area contributed by atoms with Crippen LogP contribution in [0.3, 0.4) is 0 Å². The Morgan fingerprint density at radius 2 is 1.81 bits per heavy atom. The summed E-state index contributed by atoms with van der Waals surface area (Å²) in [5, 5.41) is 33.1. The van der Waals surface area contributed by atoms with Gasteiger partial charge in [0.15, 0.2) is 0 Å². The van der Waals surface area contributed by atoms with Crippen LogP contribution in [0.5, 0.6) is 0 Å². The highest BCUT2D eigenvalue weighted by Crippen LogP contribution is 2.15. The summed E-state index contributed by atoms with van der Waals surface area (Å²) >= 11 is 0. The van der Waals surface area contributed by atoms with Gasteiger partial charge in [0.1, 0.15) is 5.82 Å². The quantitative estimate of drug-likeness (QED) is 0.304. The highest BCUT2D eigenvalue weighted by molar-refractivity contribution is 5.34. The average Bonchev–Trinajstić information content (AvgIpc) is 2.76. The van der Waals surface area contributed by atoms with Crippen LogP contribution in [0.25, 0.3) is 0 Å². The molecule has 1 aromatic heterocycles. The summed E-state index contributed by atoms with van der Waals surface area (Å²) in [7, 11) is 2.98. The lowest BCUT2D eigenvalue weighted by atomic mass is 10.0. The number of non-ortho nitro benzene ring substituents is 1. The third-order valence-corrected chi connectivity index (χ3v) is 5.26. The maximum Gasteiger partial charge on any atom is 0.332 e. The largest absolute Gasteiger partial charge is 0.395 e. The van der Waals surface area contributed by atoms with E-state index < -0.39 is 16.2 Å². The van der Waals surface area contributed by atoms with Gasteiger partial charge in [0.2, 0.25) is 0 Å². The molecule has 11 nitrogen and oxygen atoms in total. The zero-order valence-corrected chi connectivity index (χ0v) is 17.7. The molecular formula is C20H29N5O6. The molecule has 1 atom stereocenters. The molecule has 0 saturated heterocycles. The second-order valence-electron chi connectivity index (χ2n) is 7.25. The fourth-order valence-electron chi connectivity index (χ4n) is 3.34. The Labute approximate surface area is 179 Å². The number of anilines is 1. The van der Waals surface area contributed by atoms with Gasteiger partial charge in [-0.25, -0.2) is 4.79 Å². The second kappa shape index (κ2) is 11.4. The summed E-state index contributed by atoms with van der Waals surface area (Å²) in [5.41, 5.74) is 0.106. The van der Waals surface area contributed by atoms with Crippen LogP contribution in [0, 0.1) is 10.1 Å². The molecule has 0 spiro atoms. The summed E-state index contributed by atoms with van der Waals surface area (Å²) in [6.07, 6.45) is 1.21. The van der Waals surface area contributed by atoms with Crippen molar-refractivity contribution in [3.05, 3.63) is 66.8 Å². The predicted octanol–water partition coefficient (Wildman–Crippen LogP) is -0.308. The van der Waals surface area contributed by atoms with E-state index in [2.05, 4.69) is 5.32 Å². The Morgan fingerprint density at radius 3 is 2.39 bits per heavy atom. The zero-order chi connectivity index (χ0) is 23.0. The first kappa shape index (κ1) is 24.3. The van der Waals surface area contributed by atoms with E-state index in [1.165, 1.54) is 29.8 Å². The number of nitro groups is 1. The topological polar surface area (TPSA) is 143 Å². The van der Waals surface area contributed by atoms with Crippen LogP contribution >= 0.6 is 0 Å². The summed E-state index contributed by atoms with van der Waals surface area (Å²) < 4.78 is 2.36. The lowest BCUT2D eigenvalue weighted by molar-refractivity contribution is -0.384. The van der Waals surface area contributed by atoms with E-state index in [9.17, 15) is 29.9 Å². The molecule has 0 aliphatic carbocycles. The lowest BCUT2D eigenvalue weighted by Crippen LogP contribution is -2.43. The van der Waals surface area contributed by atoms with Gasteiger partial charge < -0.3 is 15.5 Å². The molecule has 1 heterocycles. The third-order valence-electron chi connectivity index (χ3n) is 5.26. The van der Waals surface area contributed by atoms with Crippen LogP contribution in [0.1, 0.15) is 12.0 Å². The molecule has 0 aliphatic rings. The number of hydrogen-bond acceptors (Lipinski definition) is 8. The van der Waals surface area contributed by atoms with Crippen molar-refractivity contribution in [1.29, 1.82) is 0 Å². The van der Waals surface area contributed by atoms with Gasteiger partial charge >= 0.3 is 5.69 Å². The van der Waals surface area contributed by atoms with Gasteiger partial charge in [0.25, 0.3) is 11.2 Å². The number of aryl methyl sites for hydroxylation is 1. The van der Waals surface area contributed by atoms with Crippen molar-refractivity contribution in [2.24, 2.45) is 14.1 Å². The summed E-state index contributed by atoms with van der Waals surface area (Å²) in [6, 6.07) is 7.41. The van der Waals surface area contributed by atoms with Gasteiger partial charge in [-0.15, -0.1) is 0 Å². The van der Waals surface area contributed by atoms with Crippen LogP contribution < -0.4 is 16.6 Å². The summed E-state index contributed by atoms with van der Waals surface area (Å²) in [6.45, 7) is 1.02. The molecule has 11 heteroatoms. The van der Waals surface area contributed by atoms with Gasteiger partial charge in [-0.3, -0.25) is 28.9 Å². The smallest absolute Gasteiger partial charge is 0.332 e. The van der Waals surface area contributed by atoms with E-state index in [-0.39, 0.29) is 24.9 Å². The fourth-order valence-corrected chi connectivity index (χ4v) is 3.34. The number of rotatable bonds is 12. The van der Waals surface area contributed by atoms with Crippen LogP contribution in [0.2, 0.25) is 0 Å². The molecule has 0 radical (unpaired) electrons. The molecule has 0 aliphatic heterocycles. The van der Waals surface area contributed by atoms with Gasteiger partial charge in [0.05, 0.1) is 18.1 Å². The third kappa shape index (κ3) is 6.48. The molecule has 0 amide bonds. The number of aliphatic hydroxyl groups is 2. The van der Waals surface area contributed by atoms with E-state index >= 15 is 0 Å². The molecule has 1 aromatic carbocycles. The number of nitrogens with zero attached hydrogens (tertiary/aromatic N) is 4. The van der Waals surface area contributed by atoms with E-state index in [0.717, 1.165) is 10.1 Å². The van der Waals surface area contributed by atoms with E-state index in [1.807, 2.05) is 4.90 Å². The molecule has 31 heavy (non-hydrogen) atoms. The highest BCUT2D eigenvalue weighted by atomic mass is 16.6. The van der Waals surface area contributed by atoms with Crippen LogP contribution in [-0.4, -0.2) is 68.1 Å². The van der Waals surface area contributed by atoms with Crippen molar-refractivity contribution in [2.45, 2.75) is 18.9 Å². The van der Waals surface area contributed by atoms with Crippen molar-refractivity contribution < 1.29 is 15.1 Å². The minimum Gasteiger partial charge on any atom is -0.395 e. The molecular weight excluding hydrogens is 406 g/mol. The minimum atomic E-state index is -0.450. The van der Waals surface area contributed by atoms with Crippen molar-refractivity contribution in [2.75, 3.05) is 38.2 Å². The van der Waals surface area contributed by atoms with Gasteiger partial charge in [-0.2, -0.15) is 0 Å². The highest BCUT2D eigenvalue weighted by Gasteiger charge is 2.18. The first-order valence-electron chi connectivity index (χ1n) is 9.98. The summed E-state index contributed by atoms with van der Waals surface area (Å²) in [5.74, 6) is 0.392. The maximum absolute atomic E-state index is 12.0. The molecule has 0 bridgehead atoms. The minimum absolute atomic E-state index is 0.0283. The van der Waals surface area contributed by atoms with E-state index in [4.69, 9.17) is 0 Å². The Morgan fingerprint density at radius 1 is 1.13 bits per heavy atom. The van der Waals surface area contributed by atoms with Crippen molar-refractivity contribution in [3.63, 3.8) is 0 Å². The maximum atomic E-state index is 12.0. The van der Waals surface area contributed by atoms with Crippen LogP contribution in [0.15, 0.2) is 39.9 Å². The average molecular weight is 435 g/mol. The van der Waals surface area contributed by atoms with Gasteiger partial charge in [-0.1, -0.05) is 12.1 Å². The van der Waals surface area contributed by atoms with Crippen LogP contribution in [0.4, 0.5) is 11.5 Å². The molecule has 2 rings (SSSR count). The SMILES string of the molecule is Cn1c(NCCN(CCO)C(CO)CCc2ccc([N+](=O)[O-])cc2)cc(=O)n(C)c1=O. The molecule has 1 unspecified atom stereocenters. The number of hydrogen-bond donors (Lipinski definition) is 3. The monoisotopic (exact) mass is 435 g/mol. The fraction of sp³-hybridized carbons (Fsp3) is 0.500. The standard InChI is InChI=1S/C20H29N5O6/c1-22-18(13-19(28)23(2)20(22)29)21-9-10-24(11-12-26)17(14-27)8-5-15-3-6-16(7-4-15)25(30)31/h3-4,6-7,13,17,21,26-27H,5,8-12,14H2,1-2H3. The first-order valence-corrected chi connectivity index (χ1v) is 9.98. The Balaban J connectivity index is 1.98. The van der Waals surface area contributed by atoms with Crippen molar-refractivity contribution in [3.8, 4) is 0 Å². The number of benzene rings is 1. The van der Waals surface area contributed by atoms with Gasteiger partial charge in [0, 0.05) is 58.0 Å². The molecule has 170 valence electrons. The number of nitro benzene ring substituents is 1. The van der Waals surface area contributed by atoms with Crippen LogP contribution in [-0.2, 0) is 20.5 Å². The second-order valence-corrected chi connectivity index (χ2v) is 7.25. The van der Waals surface area contributed by atoms with Crippen molar-refractivity contribution >= 4 is 11.5 Å². The molecule has 2 aromatic rings. The zero-order valence-electron chi connectivity index (χ0n) is 17.7. The predicted molar refractivity (Wildman–Crippen MR) is 116 cm³/mol. The van der Waals surface area contributed by atoms with E-state index in [1.54, 1.807) is 19.2 Å². The Hall–Kier alpha value is -3.02. The Bertz CT molecular complexity index is 985. The molecule has 3 N–H and O–H groups in total. The van der Waals surface area contributed by atoms with Gasteiger partial charge in [-0.05, 0) is 18.4 Å². The number of aromatic nitrogens is 2. The normalized spacial score (nSPS) is 12.2. The molecule has 0 saturated carbocycles. The molecule has 0 fully saturated rings. The number of aliphatic hydroxyl groups excluding tert-OH is 2.